The van der Waals surface area contributed by atoms with Crippen molar-refractivity contribution in [2.24, 2.45) is 0 Å². The SMILES string of the molecule is Cc1noc(-c2ccc(Br)cc2)c1C(C=O)SCC(F)(F)F. The quantitative estimate of drug-likeness (QED) is 0.674. The van der Waals surface area contributed by atoms with Gasteiger partial charge in [0.25, 0.3) is 0 Å². The molecular formula is C14H11BrF3NO2S. The molecule has 2 rings (SSSR count). The molecule has 0 aliphatic rings. The molecule has 0 radical (unpaired) electrons. The van der Waals surface area contributed by atoms with E-state index in [-0.39, 0.29) is 0 Å². The van der Waals surface area contributed by atoms with Crippen LogP contribution in [0.5, 0.6) is 0 Å². The highest BCUT2D eigenvalue weighted by Gasteiger charge is 2.31. The molecule has 1 heterocycles. The molecule has 22 heavy (non-hydrogen) atoms. The van der Waals surface area contributed by atoms with Crippen LogP contribution in [0.4, 0.5) is 13.2 Å². The lowest BCUT2D eigenvalue weighted by Gasteiger charge is -2.12. The van der Waals surface area contributed by atoms with Gasteiger partial charge in [-0.05, 0) is 19.1 Å². The molecule has 0 N–H and O–H groups in total. The summed E-state index contributed by atoms with van der Waals surface area (Å²) in [4.78, 5) is 11.2. The van der Waals surface area contributed by atoms with Crippen LogP contribution in [0.1, 0.15) is 16.5 Å². The van der Waals surface area contributed by atoms with Crippen LogP contribution in [0.2, 0.25) is 0 Å². The van der Waals surface area contributed by atoms with Gasteiger partial charge in [-0.3, -0.25) is 0 Å². The molecule has 0 saturated carbocycles. The Bertz CT molecular complexity index is 655. The van der Waals surface area contributed by atoms with Crippen molar-refractivity contribution in [2.45, 2.75) is 18.3 Å². The van der Waals surface area contributed by atoms with E-state index in [1.807, 2.05) is 0 Å². The van der Waals surface area contributed by atoms with Crippen molar-refractivity contribution < 1.29 is 22.5 Å². The summed E-state index contributed by atoms with van der Waals surface area (Å²) in [5.41, 5.74) is 1.44. The average Bonchev–Trinajstić information content (AvgIpc) is 2.82. The number of hydrogen-bond acceptors (Lipinski definition) is 4. The Balaban J connectivity index is 2.35. The van der Waals surface area contributed by atoms with Gasteiger partial charge in [-0.2, -0.15) is 13.2 Å². The van der Waals surface area contributed by atoms with Gasteiger partial charge in [0.15, 0.2) is 5.76 Å². The van der Waals surface area contributed by atoms with Crippen molar-refractivity contribution in [1.82, 2.24) is 5.16 Å². The average molecular weight is 394 g/mol. The highest BCUT2D eigenvalue weighted by molar-refractivity contribution is 9.10. The van der Waals surface area contributed by atoms with E-state index in [0.29, 0.717) is 40.6 Å². The topological polar surface area (TPSA) is 43.1 Å². The summed E-state index contributed by atoms with van der Waals surface area (Å²) >= 11 is 3.81. The first-order valence-electron chi connectivity index (χ1n) is 6.17. The molecule has 0 amide bonds. The highest BCUT2D eigenvalue weighted by Crippen LogP contribution is 2.39. The van der Waals surface area contributed by atoms with E-state index in [1.54, 1.807) is 31.2 Å². The van der Waals surface area contributed by atoms with E-state index in [1.165, 1.54) is 0 Å². The minimum Gasteiger partial charge on any atom is -0.356 e. The van der Waals surface area contributed by atoms with Gasteiger partial charge in [-0.15, -0.1) is 11.8 Å². The summed E-state index contributed by atoms with van der Waals surface area (Å²) < 4.78 is 43.2. The Kier molecular flexibility index (Phi) is 5.33. The maximum atomic E-state index is 12.4. The molecular weight excluding hydrogens is 383 g/mol. The zero-order chi connectivity index (χ0) is 16.3. The molecule has 1 aromatic carbocycles. The van der Waals surface area contributed by atoms with Gasteiger partial charge >= 0.3 is 6.18 Å². The van der Waals surface area contributed by atoms with Crippen LogP contribution in [-0.2, 0) is 4.79 Å². The zero-order valence-electron chi connectivity index (χ0n) is 11.4. The zero-order valence-corrected chi connectivity index (χ0v) is 13.8. The molecule has 0 spiro atoms. The third-order valence-corrected chi connectivity index (χ3v) is 4.58. The number of aryl methyl sites for hydroxylation is 1. The largest absolute Gasteiger partial charge is 0.397 e. The number of alkyl halides is 3. The van der Waals surface area contributed by atoms with Crippen LogP contribution >= 0.6 is 27.7 Å². The summed E-state index contributed by atoms with van der Waals surface area (Å²) in [7, 11) is 0. The molecule has 3 nitrogen and oxygen atoms in total. The van der Waals surface area contributed by atoms with Gasteiger partial charge in [-0.1, -0.05) is 33.2 Å². The summed E-state index contributed by atoms with van der Waals surface area (Å²) in [6.07, 6.45) is -3.85. The number of hydrogen-bond donors (Lipinski definition) is 0. The molecule has 1 atom stereocenters. The smallest absolute Gasteiger partial charge is 0.356 e. The second-order valence-corrected chi connectivity index (χ2v) is 6.55. The van der Waals surface area contributed by atoms with Crippen molar-refractivity contribution in [3.63, 3.8) is 0 Å². The Morgan fingerprint density at radius 2 is 2.00 bits per heavy atom. The second kappa shape index (κ2) is 6.87. The lowest BCUT2D eigenvalue weighted by atomic mass is 10.0. The van der Waals surface area contributed by atoms with Crippen LogP contribution < -0.4 is 0 Å². The maximum Gasteiger partial charge on any atom is 0.397 e. The van der Waals surface area contributed by atoms with Crippen LogP contribution in [0.3, 0.4) is 0 Å². The van der Waals surface area contributed by atoms with Crippen LogP contribution in [0, 0.1) is 6.92 Å². The molecule has 1 aromatic heterocycles. The first-order valence-corrected chi connectivity index (χ1v) is 8.01. The molecule has 0 aliphatic heterocycles. The summed E-state index contributed by atoms with van der Waals surface area (Å²) in [5.74, 6) is -0.794. The fourth-order valence-electron chi connectivity index (χ4n) is 1.90. The minimum absolute atomic E-state index is 0.316. The Morgan fingerprint density at radius 3 is 2.55 bits per heavy atom. The number of benzene rings is 1. The predicted octanol–water partition coefficient (Wildman–Crippen LogP) is 4.95. The van der Waals surface area contributed by atoms with E-state index in [2.05, 4.69) is 21.1 Å². The molecule has 118 valence electrons. The lowest BCUT2D eigenvalue weighted by molar-refractivity contribution is -0.107. The number of aldehydes is 1. The number of nitrogens with zero attached hydrogens (tertiary/aromatic N) is 1. The molecule has 2 aromatic rings. The highest BCUT2D eigenvalue weighted by atomic mass is 79.9. The van der Waals surface area contributed by atoms with Crippen molar-refractivity contribution in [3.05, 3.63) is 40.0 Å². The number of carbonyl (C=O) groups excluding carboxylic acids is 1. The van der Waals surface area contributed by atoms with E-state index < -0.39 is 17.2 Å². The number of rotatable bonds is 5. The van der Waals surface area contributed by atoms with Crippen molar-refractivity contribution in [2.75, 3.05) is 5.75 Å². The van der Waals surface area contributed by atoms with Crippen molar-refractivity contribution in [1.29, 1.82) is 0 Å². The van der Waals surface area contributed by atoms with Crippen molar-refractivity contribution in [3.8, 4) is 11.3 Å². The van der Waals surface area contributed by atoms with Crippen LogP contribution in [0.15, 0.2) is 33.3 Å². The lowest BCUT2D eigenvalue weighted by Crippen LogP contribution is -2.13. The number of aromatic nitrogens is 1. The molecule has 1 unspecified atom stereocenters. The summed E-state index contributed by atoms with van der Waals surface area (Å²) in [6, 6.07) is 7.03. The molecule has 0 saturated heterocycles. The van der Waals surface area contributed by atoms with Crippen molar-refractivity contribution >= 4 is 34.0 Å². The van der Waals surface area contributed by atoms with E-state index in [0.717, 1.165) is 4.47 Å². The fraction of sp³-hybridized carbons (Fsp3) is 0.286. The normalized spacial score (nSPS) is 13.1. The predicted molar refractivity (Wildman–Crippen MR) is 81.7 cm³/mol. The maximum absolute atomic E-state index is 12.4. The van der Waals surface area contributed by atoms with Gasteiger partial charge < -0.3 is 9.32 Å². The Morgan fingerprint density at radius 1 is 1.36 bits per heavy atom. The van der Waals surface area contributed by atoms with Gasteiger partial charge in [0.05, 0.1) is 16.7 Å². The molecule has 0 fully saturated rings. The second-order valence-electron chi connectivity index (χ2n) is 4.50. The molecule has 8 heteroatoms. The molecule has 0 bridgehead atoms. The fourth-order valence-corrected chi connectivity index (χ4v) is 3.05. The minimum atomic E-state index is -4.34. The van der Waals surface area contributed by atoms with Gasteiger partial charge in [0.1, 0.15) is 6.29 Å². The van der Waals surface area contributed by atoms with Crippen LogP contribution in [0.25, 0.3) is 11.3 Å². The standard InChI is InChI=1S/C14H11BrF3NO2S/c1-8-12(11(6-20)22-7-14(16,17)18)13(21-19-8)9-2-4-10(15)5-3-9/h2-6,11H,7H2,1H3. The summed E-state index contributed by atoms with van der Waals surface area (Å²) in [6.45, 7) is 1.60. The number of carbonyl (C=O) groups is 1. The Labute approximate surface area is 137 Å². The first-order chi connectivity index (χ1) is 10.3. The monoisotopic (exact) mass is 393 g/mol. The van der Waals surface area contributed by atoms with Gasteiger partial charge in [-0.25, -0.2) is 0 Å². The van der Waals surface area contributed by atoms with E-state index in [4.69, 9.17) is 4.52 Å². The van der Waals surface area contributed by atoms with Crippen LogP contribution in [-0.4, -0.2) is 23.4 Å². The van der Waals surface area contributed by atoms with E-state index >= 15 is 0 Å². The third-order valence-electron chi connectivity index (χ3n) is 2.85. The molecule has 0 aliphatic carbocycles. The van der Waals surface area contributed by atoms with Gasteiger partial charge in [0.2, 0.25) is 0 Å². The number of halogens is 4. The van der Waals surface area contributed by atoms with Gasteiger partial charge in [0, 0.05) is 15.6 Å². The Hall–Kier alpha value is -1.28. The number of thioether (sulfide) groups is 1. The summed E-state index contributed by atoms with van der Waals surface area (Å²) in [5, 5.41) is 2.81. The third kappa shape index (κ3) is 4.13. The van der Waals surface area contributed by atoms with E-state index in [9.17, 15) is 18.0 Å². The first kappa shape index (κ1) is 17.1.